The van der Waals surface area contributed by atoms with E-state index in [1.165, 1.54) is 0 Å². The molecule has 96 valence electrons. The topological polar surface area (TPSA) is 66.4 Å². The molecule has 1 aliphatic rings. The molecule has 4 nitrogen and oxygen atoms in total. The highest BCUT2D eigenvalue weighted by Gasteiger charge is 2.37. The van der Waals surface area contributed by atoms with E-state index in [2.05, 4.69) is 26.1 Å². The first-order valence-electron chi connectivity index (χ1n) is 6.04. The van der Waals surface area contributed by atoms with Gasteiger partial charge in [-0.15, -0.1) is 0 Å². The number of hydrogen-bond acceptors (Lipinski definition) is 4. The van der Waals surface area contributed by atoms with Gasteiger partial charge >= 0.3 is 0 Å². The lowest BCUT2D eigenvalue weighted by Gasteiger charge is -2.27. The minimum absolute atomic E-state index is 0.0681. The maximum atomic E-state index is 11.3. The van der Waals surface area contributed by atoms with Crippen LogP contribution in [0.4, 0.5) is 0 Å². The Hall–Kier alpha value is -0.130. The molecule has 0 aromatic heterocycles. The van der Waals surface area contributed by atoms with Crippen molar-refractivity contribution in [2.45, 2.75) is 51.8 Å². The van der Waals surface area contributed by atoms with E-state index >= 15 is 0 Å². The van der Waals surface area contributed by atoms with E-state index in [1.807, 2.05) is 0 Å². The molecule has 16 heavy (non-hydrogen) atoms. The smallest absolute Gasteiger partial charge is 0.154 e. The summed E-state index contributed by atoms with van der Waals surface area (Å²) < 4.78 is 22.7. The quantitative estimate of drug-likeness (QED) is 0.747. The third-order valence-electron chi connectivity index (χ3n) is 3.56. The van der Waals surface area contributed by atoms with Crippen LogP contribution < -0.4 is 5.32 Å². The zero-order chi connectivity index (χ0) is 12.3. The third kappa shape index (κ3) is 3.43. The fraction of sp³-hybridized carbons (Fsp3) is 1.00. The number of aliphatic hydroxyl groups is 1. The van der Waals surface area contributed by atoms with Crippen molar-refractivity contribution in [3.05, 3.63) is 0 Å². The average molecular weight is 249 g/mol. The number of sulfone groups is 1. The lowest BCUT2D eigenvalue weighted by molar-refractivity contribution is 0.152. The van der Waals surface area contributed by atoms with Gasteiger partial charge in [0.2, 0.25) is 0 Å². The van der Waals surface area contributed by atoms with Gasteiger partial charge in [0.05, 0.1) is 17.6 Å². The first-order chi connectivity index (χ1) is 7.39. The normalized spacial score (nSPS) is 30.8. The minimum atomic E-state index is -3.04. The standard InChI is InChI=1S/C11H23NO3S/c1-4-9(5-2)8(3)12-10-6-16(14,15)7-11(10)13/h8-13H,4-7H2,1-3H3. The number of hydrogen-bond donors (Lipinski definition) is 2. The van der Waals surface area contributed by atoms with Gasteiger partial charge in [-0.25, -0.2) is 8.42 Å². The predicted octanol–water partition coefficient (Wildman–Crippen LogP) is 0.559. The van der Waals surface area contributed by atoms with Gasteiger partial charge in [0, 0.05) is 12.1 Å². The molecule has 3 unspecified atom stereocenters. The summed E-state index contributed by atoms with van der Waals surface area (Å²) in [5.41, 5.74) is 0. The van der Waals surface area contributed by atoms with Gasteiger partial charge < -0.3 is 10.4 Å². The van der Waals surface area contributed by atoms with Crippen LogP contribution in [-0.4, -0.2) is 43.2 Å². The predicted molar refractivity (Wildman–Crippen MR) is 65.1 cm³/mol. The lowest BCUT2D eigenvalue weighted by Crippen LogP contribution is -2.46. The van der Waals surface area contributed by atoms with Gasteiger partial charge in [-0.3, -0.25) is 0 Å². The highest BCUT2D eigenvalue weighted by atomic mass is 32.2. The Balaban J connectivity index is 2.55. The summed E-state index contributed by atoms with van der Waals surface area (Å²) in [6.07, 6.45) is 1.39. The summed E-state index contributed by atoms with van der Waals surface area (Å²) >= 11 is 0. The van der Waals surface area contributed by atoms with Crippen molar-refractivity contribution >= 4 is 9.84 Å². The molecule has 0 aliphatic carbocycles. The highest BCUT2D eigenvalue weighted by Crippen LogP contribution is 2.17. The minimum Gasteiger partial charge on any atom is -0.390 e. The van der Waals surface area contributed by atoms with Gasteiger partial charge in [-0.05, 0) is 12.8 Å². The summed E-state index contributed by atoms with van der Waals surface area (Å²) in [6.45, 7) is 6.33. The van der Waals surface area contributed by atoms with E-state index in [1.54, 1.807) is 0 Å². The summed E-state index contributed by atoms with van der Waals surface area (Å²) in [4.78, 5) is 0. The molecule has 1 saturated heterocycles. The first kappa shape index (κ1) is 13.9. The Bertz CT molecular complexity index is 311. The van der Waals surface area contributed by atoms with Gasteiger partial charge in [-0.2, -0.15) is 0 Å². The third-order valence-corrected chi connectivity index (χ3v) is 5.27. The fourth-order valence-corrected chi connectivity index (χ4v) is 4.21. The van der Waals surface area contributed by atoms with Gasteiger partial charge in [0.15, 0.2) is 9.84 Å². The molecule has 0 spiro atoms. The van der Waals surface area contributed by atoms with E-state index in [9.17, 15) is 13.5 Å². The van der Waals surface area contributed by atoms with Crippen molar-refractivity contribution in [2.24, 2.45) is 5.92 Å². The van der Waals surface area contributed by atoms with Crippen molar-refractivity contribution < 1.29 is 13.5 Å². The van der Waals surface area contributed by atoms with E-state index < -0.39 is 15.9 Å². The molecule has 1 aliphatic heterocycles. The van der Waals surface area contributed by atoms with Crippen molar-refractivity contribution in [3.8, 4) is 0 Å². The Kier molecular flexibility index (Phi) is 4.76. The van der Waals surface area contributed by atoms with E-state index in [0.717, 1.165) is 12.8 Å². The highest BCUT2D eigenvalue weighted by molar-refractivity contribution is 7.91. The van der Waals surface area contributed by atoms with Crippen LogP contribution >= 0.6 is 0 Å². The largest absolute Gasteiger partial charge is 0.390 e. The molecule has 3 atom stereocenters. The molecule has 5 heteroatoms. The van der Waals surface area contributed by atoms with Crippen molar-refractivity contribution in [1.82, 2.24) is 5.32 Å². The number of aliphatic hydroxyl groups excluding tert-OH is 1. The van der Waals surface area contributed by atoms with Crippen LogP contribution in [0, 0.1) is 5.92 Å². The SMILES string of the molecule is CCC(CC)C(C)NC1CS(=O)(=O)CC1O. The van der Waals surface area contributed by atoms with Crippen LogP contribution in [0.2, 0.25) is 0 Å². The Morgan fingerprint density at radius 2 is 1.88 bits per heavy atom. The lowest BCUT2D eigenvalue weighted by atomic mass is 9.94. The molecular weight excluding hydrogens is 226 g/mol. The molecule has 0 aromatic rings. The summed E-state index contributed by atoms with van der Waals surface area (Å²) in [5.74, 6) is 0.509. The molecule has 0 amide bonds. The van der Waals surface area contributed by atoms with Crippen molar-refractivity contribution in [1.29, 1.82) is 0 Å². The van der Waals surface area contributed by atoms with E-state index in [0.29, 0.717) is 5.92 Å². The Labute approximate surface area is 98.4 Å². The second-order valence-corrected chi connectivity index (χ2v) is 6.94. The zero-order valence-electron chi connectivity index (χ0n) is 10.3. The summed E-state index contributed by atoms with van der Waals surface area (Å²) in [5, 5.41) is 12.9. The van der Waals surface area contributed by atoms with Crippen LogP contribution in [0.25, 0.3) is 0 Å². The summed E-state index contributed by atoms with van der Waals surface area (Å²) in [6, 6.07) is -0.0384. The Morgan fingerprint density at radius 3 is 2.25 bits per heavy atom. The van der Waals surface area contributed by atoms with Crippen LogP contribution in [-0.2, 0) is 9.84 Å². The van der Waals surface area contributed by atoms with Gasteiger partial charge in [-0.1, -0.05) is 26.7 Å². The fourth-order valence-electron chi connectivity index (χ4n) is 2.46. The van der Waals surface area contributed by atoms with Gasteiger partial charge in [0.25, 0.3) is 0 Å². The monoisotopic (exact) mass is 249 g/mol. The maximum absolute atomic E-state index is 11.3. The van der Waals surface area contributed by atoms with Crippen LogP contribution in [0.5, 0.6) is 0 Å². The molecule has 2 N–H and O–H groups in total. The second kappa shape index (κ2) is 5.47. The van der Waals surface area contributed by atoms with E-state index in [4.69, 9.17) is 0 Å². The molecule has 0 aromatic carbocycles. The summed E-state index contributed by atoms with van der Waals surface area (Å²) in [7, 11) is -3.04. The van der Waals surface area contributed by atoms with Crippen LogP contribution in [0.3, 0.4) is 0 Å². The van der Waals surface area contributed by atoms with Crippen LogP contribution in [0.15, 0.2) is 0 Å². The molecule has 0 bridgehead atoms. The van der Waals surface area contributed by atoms with E-state index in [-0.39, 0.29) is 23.6 Å². The molecular formula is C11H23NO3S. The molecule has 1 fully saturated rings. The van der Waals surface area contributed by atoms with Crippen molar-refractivity contribution in [2.75, 3.05) is 11.5 Å². The first-order valence-corrected chi connectivity index (χ1v) is 7.86. The zero-order valence-corrected chi connectivity index (χ0v) is 11.1. The molecule has 1 rings (SSSR count). The number of nitrogens with one attached hydrogen (secondary N) is 1. The molecule has 0 radical (unpaired) electrons. The van der Waals surface area contributed by atoms with Crippen molar-refractivity contribution in [3.63, 3.8) is 0 Å². The Morgan fingerprint density at radius 1 is 1.31 bits per heavy atom. The maximum Gasteiger partial charge on any atom is 0.154 e. The van der Waals surface area contributed by atoms with Gasteiger partial charge in [0.1, 0.15) is 0 Å². The molecule has 1 heterocycles. The molecule has 0 saturated carbocycles. The average Bonchev–Trinajstić information content (AvgIpc) is 2.41. The number of rotatable bonds is 5. The second-order valence-electron chi connectivity index (χ2n) is 4.78. The van der Waals surface area contributed by atoms with Crippen LogP contribution in [0.1, 0.15) is 33.6 Å².